The van der Waals surface area contributed by atoms with E-state index in [-0.39, 0.29) is 12.4 Å². The fourth-order valence-electron chi connectivity index (χ4n) is 1.55. The Morgan fingerprint density at radius 2 is 2.14 bits per heavy atom. The summed E-state index contributed by atoms with van der Waals surface area (Å²) in [6.07, 6.45) is 1.99. The van der Waals surface area contributed by atoms with Crippen LogP contribution in [0.1, 0.15) is 41.0 Å². The molecule has 0 aliphatic carbocycles. The van der Waals surface area contributed by atoms with Crippen LogP contribution in [0.4, 0.5) is 0 Å². The number of rotatable bonds is 5. The molecular weight excluding hydrogens is 178 g/mol. The summed E-state index contributed by atoms with van der Waals surface area (Å²) in [7, 11) is 0. The second kappa shape index (κ2) is 4.96. The van der Waals surface area contributed by atoms with Gasteiger partial charge in [-0.3, -0.25) is 4.79 Å². The molecule has 1 heterocycles. The topological polar surface area (TPSA) is 53.1 Å². The van der Waals surface area contributed by atoms with E-state index in [4.69, 9.17) is 5.11 Å². The van der Waals surface area contributed by atoms with Crippen molar-refractivity contribution in [3.63, 3.8) is 0 Å². The number of aliphatic hydroxyl groups is 1. The number of hydrogen-bond donors (Lipinski definition) is 2. The quantitative estimate of drug-likeness (QED) is 0.557. The van der Waals surface area contributed by atoms with E-state index in [0.29, 0.717) is 12.8 Å². The third-order valence-corrected chi connectivity index (χ3v) is 2.26. The summed E-state index contributed by atoms with van der Waals surface area (Å²) in [5.41, 5.74) is 2.75. The van der Waals surface area contributed by atoms with Crippen molar-refractivity contribution in [2.24, 2.45) is 0 Å². The highest BCUT2D eigenvalue weighted by Crippen LogP contribution is 2.13. The molecule has 0 aliphatic rings. The number of aryl methyl sites for hydroxylation is 2. The molecule has 0 aromatic carbocycles. The van der Waals surface area contributed by atoms with Crippen LogP contribution in [0.25, 0.3) is 0 Å². The van der Waals surface area contributed by atoms with Gasteiger partial charge in [-0.15, -0.1) is 0 Å². The number of nitrogens with one attached hydrogen (secondary N) is 1. The fraction of sp³-hybridized carbons (Fsp3) is 0.545. The van der Waals surface area contributed by atoms with Gasteiger partial charge in [-0.1, -0.05) is 0 Å². The summed E-state index contributed by atoms with van der Waals surface area (Å²) < 4.78 is 0. The number of hydrogen-bond acceptors (Lipinski definition) is 2. The second-order valence-corrected chi connectivity index (χ2v) is 3.59. The SMILES string of the molecule is Cc1cc(C(=O)CCCCO)c(C)[nH]1. The zero-order valence-electron chi connectivity index (χ0n) is 8.76. The lowest BCUT2D eigenvalue weighted by Crippen LogP contribution is -2.00. The minimum Gasteiger partial charge on any atom is -0.396 e. The number of aromatic nitrogens is 1. The normalized spacial score (nSPS) is 10.5. The van der Waals surface area contributed by atoms with Gasteiger partial charge in [-0.05, 0) is 32.8 Å². The Labute approximate surface area is 84.2 Å². The predicted octanol–water partition coefficient (Wildman–Crippen LogP) is 1.98. The van der Waals surface area contributed by atoms with Crippen LogP contribution in [0.15, 0.2) is 6.07 Å². The molecule has 0 atom stereocenters. The van der Waals surface area contributed by atoms with E-state index in [1.807, 2.05) is 19.9 Å². The molecule has 1 aromatic rings. The molecule has 78 valence electrons. The summed E-state index contributed by atoms with van der Waals surface area (Å²) in [6.45, 7) is 4.02. The minimum atomic E-state index is 0.165. The Bertz CT molecular complexity index is 315. The van der Waals surface area contributed by atoms with Crippen molar-refractivity contribution >= 4 is 5.78 Å². The molecule has 0 unspecified atom stereocenters. The number of Topliss-reactive ketones (excluding diaryl/α,β-unsaturated/α-hetero) is 1. The van der Waals surface area contributed by atoms with Gasteiger partial charge in [0.2, 0.25) is 0 Å². The van der Waals surface area contributed by atoms with Crippen molar-refractivity contribution in [3.05, 3.63) is 23.0 Å². The standard InChI is InChI=1S/C11H17NO2/c1-8-7-10(9(2)12-8)11(14)5-3-4-6-13/h7,12-13H,3-6H2,1-2H3. The summed E-state index contributed by atoms with van der Waals surface area (Å²) in [5.74, 6) is 0.167. The van der Waals surface area contributed by atoms with Crippen LogP contribution < -0.4 is 0 Å². The van der Waals surface area contributed by atoms with E-state index in [9.17, 15) is 4.79 Å². The Morgan fingerprint density at radius 3 is 2.64 bits per heavy atom. The average Bonchev–Trinajstić information content (AvgIpc) is 2.45. The first kappa shape index (κ1) is 11.0. The number of carbonyl (C=O) groups is 1. The molecule has 3 heteroatoms. The van der Waals surface area contributed by atoms with Gasteiger partial charge in [0.1, 0.15) is 0 Å². The van der Waals surface area contributed by atoms with Crippen molar-refractivity contribution in [1.29, 1.82) is 0 Å². The molecule has 0 aliphatic heterocycles. The van der Waals surface area contributed by atoms with Crippen LogP contribution in [0.5, 0.6) is 0 Å². The number of unbranched alkanes of at least 4 members (excludes halogenated alkanes) is 1. The van der Waals surface area contributed by atoms with Crippen LogP contribution in [0.3, 0.4) is 0 Å². The third-order valence-electron chi connectivity index (χ3n) is 2.26. The molecular formula is C11H17NO2. The lowest BCUT2D eigenvalue weighted by molar-refractivity contribution is 0.0977. The smallest absolute Gasteiger partial charge is 0.164 e. The highest BCUT2D eigenvalue weighted by atomic mass is 16.2. The van der Waals surface area contributed by atoms with Crippen molar-refractivity contribution < 1.29 is 9.90 Å². The third kappa shape index (κ3) is 2.70. The highest BCUT2D eigenvalue weighted by Gasteiger charge is 2.10. The van der Waals surface area contributed by atoms with Gasteiger partial charge in [0.25, 0.3) is 0 Å². The lowest BCUT2D eigenvalue weighted by Gasteiger charge is -1.98. The maximum absolute atomic E-state index is 11.7. The molecule has 0 amide bonds. The molecule has 0 radical (unpaired) electrons. The number of aliphatic hydroxyl groups excluding tert-OH is 1. The monoisotopic (exact) mass is 195 g/mol. The summed E-state index contributed by atoms with van der Waals surface area (Å²) in [5, 5.41) is 8.59. The van der Waals surface area contributed by atoms with Crippen molar-refractivity contribution in [1.82, 2.24) is 4.98 Å². The molecule has 0 saturated heterocycles. The Hall–Kier alpha value is -1.09. The zero-order chi connectivity index (χ0) is 10.6. The number of ketones is 1. The molecule has 2 N–H and O–H groups in total. The van der Waals surface area contributed by atoms with E-state index >= 15 is 0 Å². The van der Waals surface area contributed by atoms with E-state index in [0.717, 1.165) is 23.4 Å². The molecule has 14 heavy (non-hydrogen) atoms. The van der Waals surface area contributed by atoms with Gasteiger partial charge in [0.15, 0.2) is 5.78 Å². The van der Waals surface area contributed by atoms with Crippen molar-refractivity contribution in [2.75, 3.05) is 6.61 Å². The Kier molecular flexibility index (Phi) is 3.89. The molecule has 1 aromatic heterocycles. The average molecular weight is 195 g/mol. The van der Waals surface area contributed by atoms with Gasteiger partial charge in [-0.2, -0.15) is 0 Å². The summed E-state index contributed by atoms with van der Waals surface area (Å²) in [6, 6.07) is 1.89. The Morgan fingerprint density at radius 1 is 1.43 bits per heavy atom. The largest absolute Gasteiger partial charge is 0.396 e. The fourth-order valence-corrected chi connectivity index (χ4v) is 1.55. The highest BCUT2D eigenvalue weighted by molar-refractivity contribution is 5.97. The first-order chi connectivity index (χ1) is 6.65. The minimum absolute atomic E-state index is 0.165. The van der Waals surface area contributed by atoms with Crippen molar-refractivity contribution in [2.45, 2.75) is 33.1 Å². The maximum atomic E-state index is 11.7. The van der Waals surface area contributed by atoms with Crippen LogP contribution in [-0.4, -0.2) is 22.5 Å². The van der Waals surface area contributed by atoms with Crippen LogP contribution >= 0.6 is 0 Å². The molecule has 1 rings (SSSR count). The first-order valence-electron chi connectivity index (χ1n) is 4.95. The molecule has 0 bridgehead atoms. The van der Waals surface area contributed by atoms with Gasteiger partial charge >= 0.3 is 0 Å². The second-order valence-electron chi connectivity index (χ2n) is 3.59. The van der Waals surface area contributed by atoms with E-state index in [2.05, 4.69) is 4.98 Å². The molecule has 3 nitrogen and oxygen atoms in total. The molecule has 0 spiro atoms. The summed E-state index contributed by atoms with van der Waals surface area (Å²) in [4.78, 5) is 14.8. The van der Waals surface area contributed by atoms with Gasteiger partial charge < -0.3 is 10.1 Å². The molecule has 0 fully saturated rings. The number of carbonyl (C=O) groups excluding carboxylic acids is 1. The predicted molar refractivity (Wildman–Crippen MR) is 55.5 cm³/mol. The zero-order valence-corrected chi connectivity index (χ0v) is 8.76. The molecule has 0 saturated carbocycles. The Balaban J connectivity index is 2.56. The van der Waals surface area contributed by atoms with Crippen LogP contribution in [0.2, 0.25) is 0 Å². The van der Waals surface area contributed by atoms with E-state index in [1.165, 1.54) is 0 Å². The van der Waals surface area contributed by atoms with Gasteiger partial charge in [0.05, 0.1) is 0 Å². The van der Waals surface area contributed by atoms with E-state index < -0.39 is 0 Å². The van der Waals surface area contributed by atoms with Crippen LogP contribution in [0, 0.1) is 13.8 Å². The van der Waals surface area contributed by atoms with E-state index in [1.54, 1.807) is 0 Å². The van der Waals surface area contributed by atoms with Crippen LogP contribution in [-0.2, 0) is 0 Å². The first-order valence-corrected chi connectivity index (χ1v) is 4.95. The number of H-pyrrole nitrogens is 1. The van der Waals surface area contributed by atoms with Gasteiger partial charge in [-0.25, -0.2) is 0 Å². The number of aromatic amines is 1. The summed E-state index contributed by atoms with van der Waals surface area (Å²) >= 11 is 0. The van der Waals surface area contributed by atoms with Gasteiger partial charge in [0, 0.05) is 30.0 Å². The lowest BCUT2D eigenvalue weighted by atomic mass is 10.1. The maximum Gasteiger partial charge on any atom is 0.164 e. The van der Waals surface area contributed by atoms with Crippen molar-refractivity contribution in [3.8, 4) is 0 Å².